The average Bonchev–Trinajstić information content (AvgIpc) is 3.66. The highest BCUT2D eigenvalue weighted by Gasteiger charge is 2.62. The van der Waals surface area contributed by atoms with E-state index in [1.54, 1.807) is 12.1 Å². The molecule has 2 bridgehead atoms. The number of non-ortho nitro benzene ring substituents is 1. The molecule has 0 spiro atoms. The number of amides is 3. The summed E-state index contributed by atoms with van der Waals surface area (Å²) in [5, 5.41) is 13.1. The van der Waals surface area contributed by atoms with Crippen molar-refractivity contribution >= 4 is 40.8 Å². The number of nitro benzene ring substituents is 1. The lowest BCUT2D eigenvalue weighted by Gasteiger charge is -2.30. The summed E-state index contributed by atoms with van der Waals surface area (Å²) in [4.78, 5) is 64.5. The van der Waals surface area contributed by atoms with Gasteiger partial charge >= 0.3 is 0 Å². The predicted octanol–water partition coefficient (Wildman–Crippen LogP) is 5.31. The fourth-order valence-corrected chi connectivity index (χ4v) is 6.44. The van der Waals surface area contributed by atoms with Gasteiger partial charge in [0.05, 0.1) is 16.8 Å². The molecule has 10 nitrogen and oxygen atoms in total. The number of carbonyl (C=O) groups is 4. The minimum atomic E-state index is -0.651. The van der Waals surface area contributed by atoms with Gasteiger partial charge in [-0.05, 0) is 91.8 Å². The summed E-state index contributed by atoms with van der Waals surface area (Å²) >= 11 is 5.99. The second-order valence-electron chi connectivity index (χ2n) is 10.5. The van der Waals surface area contributed by atoms with Gasteiger partial charge < -0.3 is 4.74 Å². The number of fused-ring (bicyclic) bond motifs is 5. The predicted molar refractivity (Wildman–Crippen MR) is 146 cm³/mol. The Hall–Kier alpha value is -4.57. The van der Waals surface area contributed by atoms with Gasteiger partial charge in [-0.3, -0.25) is 29.3 Å². The molecule has 3 aromatic carbocycles. The SMILES string of the molecule is O=C(CN(C(=O)c1ccc(Cl)cc1)N1C(=O)[C@@H]2[C@H]3CC[C@@H](C3)[C@@H]2C1=O)c1ccc(Oc2ccc([N+](=O)[O-])cc2)cc1. The fourth-order valence-electron chi connectivity index (χ4n) is 6.31. The third-order valence-electron chi connectivity index (χ3n) is 8.22. The van der Waals surface area contributed by atoms with Crippen LogP contribution < -0.4 is 4.74 Å². The molecule has 3 aromatic rings. The molecule has 1 aliphatic heterocycles. The molecule has 41 heavy (non-hydrogen) atoms. The number of nitrogens with zero attached hydrogens (tertiary/aromatic N) is 3. The highest BCUT2D eigenvalue weighted by atomic mass is 35.5. The third-order valence-corrected chi connectivity index (χ3v) is 8.48. The van der Waals surface area contributed by atoms with E-state index in [2.05, 4.69) is 0 Å². The van der Waals surface area contributed by atoms with Crippen molar-refractivity contribution in [1.82, 2.24) is 10.0 Å². The first-order valence-electron chi connectivity index (χ1n) is 13.2. The van der Waals surface area contributed by atoms with Crippen molar-refractivity contribution in [3.8, 4) is 11.5 Å². The smallest absolute Gasteiger partial charge is 0.273 e. The van der Waals surface area contributed by atoms with Crippen LogP contribution in [0.4, 0.5) is 5.69 Å². The van der Waals surface area contributed by atoms with Crippen LogP contribution in [0.25, 0.3) is 0 Å². The van der Waals surface area contributed by atoms with Gasteiger partial charge in [0, 0.05) is 28.3 Å². The molecule has 1 saturated heterocycles. The molecule has 2 aliphatic carbocycles. The van der Waals surface area contributed by atoms with Gasteiger partial charge in [0.25, 0.3) is 23.4 Å². The zero-order valence-electron chi connectivity index (χ0n) is 21.6. The zero-order valence-corrected chi connectivity index (χ0v) is 22.4. The van der Waals surface area contributed by atoms with Gasteiger partial charge in [-0.2, -0.15) is 5.01 Å². The summed E-state index contributed by atoms with van der Waals surface area (Å²) in [5.41, 5.74) is 0.367. The first kappa shape index (κ1) is 26.6. The number of benzene rings is 3. The minimum Gasteiger partial charge on any atom is -0.457 e. The highest BCUT2D eigenvalue weighted by Crippen LogP contribution is 2.56. The van der Waals surface area contributed by atoms with E-state index in [0.717, 1.165) is 29.3 Å². The Labute approximate surface area is 239 Å². The molecule has 3 aliphatic rings. The van der Waals surface area contributed by atoms with E-state index in [0.29, 0.717) is 16.5 Å². The first-order valence-corrected chi connectivity index (χ1v) is 13.6. The number of imide groups is 1. The van der Waals surface area contributed by atoms with E-state index in [-0.39, 0.29) is 28.7 Å². The number of nitro groups is 1. The monoisotopic (exact) mass is 573 g/mol. The maximum Gasteiger partial charge on any atom is 0.273 e. The fraction of sp³-hybridized carbons (Fsp3) is 0.267. The molecule has 6 rings (SSSR count). The number of ketones is 1. The second kappa shape index (κ2) is 10.4. The van der Waals surface area contributed by atoms with Gasteiger partial charge in [0.1, 0.15) is 18.0 Å². The lowest BCUT2D eigenvalue weighted by molar-refractivity contribution is -0.384. The molecule has 0 radical (unpaired) electrons. The van der Waals surface area contributed by atoms with E-state index >= 15 is 0 Å². The van der Waals surface area contributed by atoms with E-state index in [1.165, 1.54) is 60.7 Å². The number of ether oxygens (including phenoxy) is 1. The van der Waals surface area contributed by atoms with E-state index in [4.69, 9.17) is 16.3 Å². The zero-order chi connectivity index (χ0) is 28.8. The summed E-state index contributed by atoms with van der Waals surface area (Å²) in [6.07, 6.45) is 2.62. The van der Waals surface area contributed by atoms with E-state index in [9.17, 15) is 29.3 Å². The van der Waals surface area contributed by atoms with E-state index in [1.807, 2.05) is 0 Å². The molecular weight excluding hydrogens is 550 g/mol. The maximum atomic E-state index is 13.6. The largest absolute Gasteiger partial charge is 0.457 e. The number of halogens is 1. The number of Topliss-reactive ketones (excluding diaryl/α,β-unsaturated/α-hetero) is 1. The van der Waals surface area contributed by atoms with Crippen molar-refractivity contribution in [2.45, 2.75) is 19.3 Å². The molecule has 4 atom stereocenters. The van der Waals surface area contributed by atoms with Crippen molar-refractivity contribution in [2.75, 3.05) is 6.54 Å². The first-order chi connectivity index (χ1) is 19.7. The van der Waals surface area contributed by atoms with Gasteiger partial charge in [-0.25, -0.2) is 5.01 Å². The summed E-state index contributed by atoms with van der Waals surface area (Å²) < 4.78 is 5.71. The second-order valence-corrected chi connectivity index (χ2v) is 11.0. The molecule has 0 N–H and O–H groups in total. The Morgan fingerprint density at radius 3 is 1.90 bits per heavy atom. The van der Waals surface area contributed by atoms with Crippen LogP contribution in [-0.4, -0.2) is 45.0 Å². The highest BCUT2D eigenvalue weighted by molar-refractivity contribution is 6.30. The van der Waals surface area contributed by atoms with Crippen LogP contribution in [0.3, 0.4) is 0 Å². The van der Waals surface area contributed by atoms with Crippen LogP contribution in [-0.2, 0) is 9.59 Å². The maximum absolute atomic E-state index is 13.6. The van der Waals surface area contributed by atoms with Gasteiger partial charge in [-0.15, -0.1) is 0 Å². The molecule has 3 fully saturated rings. The summed E-state index contributed by atoms with van der Waals surface area (Å²) in [5.74, 6) is -1.87. The van der Waals surface area contributed by atoms with Crippen LogP contribution in [0.15, 0.2) is 72.8 Å². The van der Waals surface area contributed by atoms with Crippen LogP contribution in [0.1, 0.15) is 40.0 Å². The van der Waals surface area contributed by atoms with Crippen molar-refractivity contribution in [3.63, 3.8) is 0 Å². The Balaban J connectivity index is 1.23. The third kappa shape index (κ3) is 4.84. The van der Waals surface area contributed by atoms with Gasteiger partial charge in [0.15, 0.2) is 5.78 Å². The van der Waals surface area contributed by atoms with Crippen LogP contribution >= 0.6 is 11.6 Å². The topological polar surface area (TPSA) is 127 Å². The average molecular weight is 574 g/mol. The lowest BCUT2D eigenvalue weighted by Crippen LogP contribution is -2.52. The Kier molecular flexibility index (Phi) is 6.78. The molecule has 2 saturated carbocycles. The van der Waals surface area contributed by atoms with Crippen molar-refractivity contribution in [3.05, 3.63) is 99.1 Å². The van der Waals surface area contributed by atoms with Crippen molar-refractivity contribution in [1.29, 1.82) is 0 Å². The van der Waals surface area contributed by atoms with E-state index < -0.39 is 46.8 Å². The molecule has 11 heteroatoms. The Morgan fingerprint density at radius 2 is 1.37 bits per heavy atom. The summed E-state index contributed by atoms with van der Waals surface area (Å²) in [6.45, 7) is -0.518. The molecule has 0 aromatic heterocycles. The van der Waals surface area contributed by atoms with Gasteiger partial charge in [0.2, 0.25) is 0 Å². The number of rotatable bonds is 8. The van der Waals surface area contributed by atoms with Crippen molar-refractivity contribution < 1.29 is 28.8 Å². The molecule has 208 valence electrons. The number of carbonyl (C=O) groups excluding carboxylic acids is 4. The van der Waals surface area contributed by atoms with Crippen LogP contribution in [0.2, 0.25) is 5.02 Å². The lowest BCUT2D eigenvalue weighted by atomic mass is 9.81. The summed E-state index contributed by atoms with van der Waals surface area (Å²) in [7, 11) is 0. The summed E-state index contributed by atoms with van der Waals surface area (Å²) in [6, 6.07) is 17.7. The van der Waals surface area contributed by atoms with Crippen LogP contribution in [0.5, 0.6) is 11.5 Å². The Morgan fingerprint density at radius 1 is 0.854 bits per heavy atom. The van der Waals surface area contributed by atoms with Crippen LogP contribution in [0, 0.1) is 33.8 Å². The number of hydrogen-bond acceptors (Lipinski definition) is 7. The molecule has 1 heterocycles. The molecule has 0 unspecified atom stereocenters. The quantitative estimate of drug-likeness (QED) is 0.155. The standard InChI is InChI=1S/C30H24ClN3O7/c31-21-7-3-18(4-8-21)28(36)32(33-29(37)26-19-1-2-20(15-19)27(26)30(33)38)16-25(35)17-5-11-23(12-6-17)41-24-13-9-22(10-14-24)34(39)40/h3-14,19-20,26-27H,1-2,15-16H2/t19-,20-,26-,27+/m0/s1. The molecule has 3 amide bonds. The number of hydrogen-bond donors (Lipinski definition) is 0. The minimum absolute atomic E-state index is 0.0674. The number of hydrazine groups is 1. The van der Waals surface area contributed by atoms with Crippen molar-refractivity contribution in [2.24, 2.45) is 23.7 Å². The Bertz CT molecular complexity index is 1530. The molecular formula is C30H24ClN3O7. The van der Waals surface area contributed by atoms with Gasteiger partial charge in [-0.1, -0.05) is 11.6 Å². The normalized spacial score (nSPS) is 22.5.